The quantitative estimate of drug-likeness (QED) is 0.311. The van der Waals surface area contributed by atoms with Crippen LogP contribution in [0.3, 0.4) is 0 Å². The van der Waals surface area contributed by atoms with Gasteiger partial charge in [-0.05, 0) is 11.4 Å². The molecule has 0 aromatic carbocycles. The van der Waals surface area contributed by atoms with Gasteiger partial charge in [0.15, 0.2) is 6.61 Å². The lowest BCUT2D eigenvalue weighted by Gasteiger charge is -1.84. The van der Waals surface area contributed by atoms with Gasteiger partial charge in [-0.2, -0.15) is 0 Å². The van der Waals surface area contributed by atoms with Crippen LogP contribution in [0.1, 0.15) is 4.88 Å². The molecule has 4 heteroatoms. The normalized spacial score (nSPS) is 7.33. The average Bonchev–Trinajstić information content (AvgIpc) is 2.50. The van der Waals surface area contributed by atoms with E-state index >= 15 is 0 Å². The zero-order valence-corrected chi connectivity index (χ0v) is 7.95. The Morgan fingerprint density at radius 2 is 2.50 bits per heavy atom. The standard InChI is InChI=1S/C8H7NOS.ClH/c1-9-10-6-2-4-8-5-3-7-11-8;/h3,5,7H,1,6H2;1H. The number of hydrogen-bond donors (Lipinski definition) is 0. The summed E-state index contributed by atoms with van der Waals surface area (Å²) in [5.41, 5.74) is 0. The monoisotopic (exact) mass is 201 g/mol. The number of halogens is 1. The highest BCUT2D eigenvalue weighted by Crippen LogP contribution is 2.05. The van der Waals surface area contributed by atoms with Gasteiger partial charge in [0.1, 0.15) is 0 Å². The highest BCUT2D eigenvalue weighted by atomic mass is 35.5. The minimum atomic E-state index is 0. The van der Waals surface area contributed by atoms with Gasteiger partial charge in [-0.3, -0.25) is 0 Å². The van der Waals surface area contributed by atoms with Gasteiger partial charge in [-0.15, -0.1) is 28.9 Å². The van der Waals surface area contributed by atoms with E-state index in [-0.39, 0.29) is 12.4 Å². The Morgan fingerprint density at radius 3 is 3.08 bits per heavy atom. The van der Waals surface area contributed by atoms with Crippen LogP contribution in [-0.4, -0.2) is 13.3 Å². The molecule has 0 N–H and O–H groups in total. The molecule has 0 saturated carbocycles. The minimum absolute atomic E-state index is 0. The lowest BCUT2D eigenvalue weighted by atomic mass is 10.5. The summed E-state index contributed by atoms with van der Waals surface area (Å²) in [5, 5.41) is 5.19. The Hall–Kier alpha value is -0.980. The summed E-state index contributed by atoms with van der Waals surface area (Å²) in [6.07, 6.45) is 0. The lowest BCUT2D eigenvalue weighted by molar-refractivity contribution is 0.183. The second-order valence-electron chi connectivity index (χ2n) is 1.68. The first-order valence-electron chi connectivity index (χ1n) is 3.04. The zero-order chi connectivity index (χ0) is 7.94. The van der Waals surface area contributed by atoms with Gasteiger partial charge >= 0.3 is 0 Å². The summed E-state index contributed by atoms with van der Waals surface area (Å²) in [5.74, 6) is 5.71. The third kappa shape index (κ3) is 4.02. The third-order valence-corrected chi connectivity index (χ3v) is 1.75. The molecule has 1 heterocycles. The number of oxime groups is 1. The fourth-order valence-electron chi connectivity index (χ4n) is 0.551. The topological polar surface area (TPSA) is 21.6 Å². The van der Waals surface area contributed by atoms with Crippen LogP contribution in [0.25, 0.3) is 0 Å². The van der Waals surface area contributed by atoms with Crippen LogP contribution in [0.15, 0.2) is 22.7 Å². The smallest absolute Gasteiger partial charge is 0.177 e. The van der Waals surface area contributed by atoms with E-state index in [9.17, 15) is 0 Å². The molecule has 1 aromatic rings. The molecule has 0 bridgehead atoms. The van der Waals surface area contributed by atoms with Crippen molar-refractivity contribution in [1.29, 1.82) is 0 Å². The molecule has 0 radical (unpaired) electrons. The van der Waals surface area contributed by atoms with Crippen molar-refractivity contribution < 1.29 is 4.84 Å². The van der Waals surface area contributed by atoms with E-state index in [4.69, 9.17) is 0 Å². The van der Waals surface area contributed by atoms with Crippen LogP contribution in [0.2, 0.25) is 0 Å². The van der Waals surface area contributed by atoms with Gasteiger partial charge in [0.2, 0.25) is 0 Å². The molecule has 0 amide bonds. The Labute approximate surface area is 81.6 Å². The van der Waals surface area contributed by atoms with E-state index in [1.54, 1.807) is 11.3 Å². The van der Waals surface area contributed by atoms with Gasteiger partial charge in [0, 0.05) is 6.72 Å². The number of hydrogen-bond acceptors (Lipinski definition) is 3. The van der Waals surface area contributed by atoms with Crippen molar-refractivity contribution in [3.63, 3.8) is 0 Å². The van der Waals surface area contributed by atoms with Crippen molar-refractivity contribution in [3.05, 3.63) is 22.4 Å². The van der Waals surface area contributed by atoms with Crippen molar-refractivity contribution >= 4 is 30.5 Å². The maximum Gasteiger partial charge on any atom is 0.177 e. The molecule has 0 unspecified atom stereocenters. The predicted molar refractivity (Wildman–Crippen MR) is 53.9 cm³/mol. The molecule has 0 atom stereocenters. The summed E-state index contributed by atoms with van der Waals surface area (Å²) in [7, 11) is 0. The first kappa shape index (κ1) is 11.0. The molecule has 1 aromatic heterocycles. The molecule has 0 aliphatic carbocycles. The fourth-order valence-corrected chi connectivity index (χ4v) is 1.14. The van der Waals surface area contributed by atoms with E-state index in [1.807, 2.05) is 17.5 Å². The van der Waals surface area contributed by atoms with E-state index < -0.39 is 0 Å². The Kier molecular flexibility index (Phi) is 6.16. The Balaban J connectivity index is 0.00000121. The summed E-state index contributed by atoms with van der Waals surface area (Å²) in [6.45, 7) is 3.46. The minimum Gasteiger partial charge on any atom is -0.383 e. The maximum absolute atomic E-state index is 4.58. The predicted octanol–water partition coefficient (Wildman–Crippen LogP) is 2.15. The number of thiophene rings is 1. The molecule has 2 nitrogen and oxygen atoms in total. The molecule has 64 valence electrons. The molecule has 1 rings (SSSR count). The van der Waals surface area contributed by atoms with Crippen LogP contribution < -0.4 is 0 Å². The molecule has 0 saturated heterocycles. The van der Waals surface area contributed by atoms with Crippen molar-refractivity contribution in [2.75, 3.05) is 6.61 Å². The molecule has 12 heavy (non-hydrogen) atoms. The second kappa shape index (κ2) is 6.71. The SMILES string of the molecule is C=NOCC#Cc1cccs1.Cl. The first-order valence-corrected chi connectivity index (χ1v) is 3.92. The lowest BCUT2D eigenvalue weighted by Crippen LogP contribution is -1.79. The van der Waals surface area contributed by atoms with Crippen molar-refractivity contribution in [1.82, 2.24) is 0 Å². The molecule has 0 aliphatic rings. The largest absolute Gasteiger partial charge is 0.383 e. The molecular weight excluding hydrogens is 194 g/mol. The van der Waals surface area contributed by atoms with Crippen molar-refractivity contribution in [2.45, 2.75) is 0 Å². The fraction of sp³-hybridized carbons (Fsp3) is 0.125. The third-order valence-electron chi connectivity index (χ3n) is 0.961. The van der Waals surface area contributed by atoms with E-state index in [1.165, 1.54) is 0 Å². The van der Waals surface area contributed by atoms with Gasteiger partial charge in [-0.1, -0.05) is 17.9 Å². The first-order chi connectivity index (χ1) is 5.43. The van der Waals surface area contributed by atoms with Crippen LogP contribution in [0.5, 0.6) is 0 Å². The van der Waals surface area contributed by atoms with E-state index in [2.05, 4.69) is 28.6 Å². The van der Waals surface area contributed by atoms with Crippen LogP contribution >= 0.6 is 23.7 Å². The summed E-state index contributed by atoms with van der Waals surface area (Å²) < 4.78 is 0. The van der Waals surface area contributed by atoms with Crippen molar-refractivity contribution in [3.8, 4) is 11.8 Å². The van der Waals surface area contributed by atoms with Crippen LogP contribution in [0, 0.1) is 11.8 Å². The molecule has 0 fully saturated rings. The van der Waals surface area contributed by atoms with Crippen LogP contribution in [-0.2, 0) is 4.84 Å². The average molecular weight is 202 g/mol. The van der Waals surface area contributed by atoms with Crippen LogP contribution in [0.4, 0.5) is 0 Å². The van der Waals surface area contributed by atoms with E-state index in [0.717, 1.165) is 4.88 Å². The highest BCUT2D eigenvalue weighted by molar-refractivity contribution is 7.10. The highest BCUT2D eigenvalue weighted by Gasteiger charge is 1.82. The van der Waals surface area contributed by atoms with E-state index in [0.29, 0.717) is 6.61 Å². The number of nitrogens with zero attached hydrogens (tertiary/aromatic N) is 1. The Bertz CT molecular complexity index is 273. The second-order valence-corrected chi connectivity index (χ2v) is 2.63. The maximum atomic E-state index is 4.58. The summed E-state index contributed by atoms with van der Waals surface area (Å²) in [6, 6.07) is 3.92. The van der Waals surface area contributed by atoms with Gasteiger partial charge in [0.05, 0.1) is 4.88 Å². The van der Waals surface area contributed by atoms with Crippen molar-refractivity contribution in [2.24, 2.45) is 5.16 Å². The molecule has 0 aliphatic heterocycles. The summed E-state index contributed by atoms with van der Waals surface area (Å²) >= 11 is 1.61. The molecule has 0 spiro atoms. The molecular formula is C8H8ClNOS. The Morgan fingerprint density at radius 1 is 1.67 bits per heavy atom. The van der Waals surface area contributed by atoms with Gasteiger partial charge < -0.3 is 4.84 Å². The van der Waals surface area contributed by atoms with Gasteiger partial charge in [-0.25, -0.2) is 0 Å². The summed E-state index contributed by atoms with van der Waals surface area (Å²) in [4.78, 5) is 5.62. The zero-order valence-electron chi connectivity index (χ0n) is 6.32. The van der Waals surface area contributed by atoms with Gasteiger partial charge in [0.25, 0.3) is 0 Å². The number of rotatable bonds is 2.